The fourth-order valence-corrected chi connectivity index (χ4v) is 1.44. The van der Waals surface area contributed by atoms with E-state index >= 15 is 0 Å². The van der Waals surface area contributed by atoms with Gasteiger partial charge in [-0.2, -0.15) is 5.10 Å². The molecule has 0 radical (unpaired) electrons. The number of nitrogen functional groups attached to an aromatic ring is 1. The van der Waals surface area contributed by atoms with Crippen LogP contribution in [0.4, 0.5) is 11.5 Å². The molecule has 2 aromatic heterocycles. The van der Waals surface area contributed by atoms with Crippen LogP contribution in [-0.2, 0) is 6.54 Å². The molecule has 0 bridgehead atoms. The average Bonchev–Trinajstić information content (AvgIpc) is 2.76. The number of hydrogen-bond acceptors (Lipinski definition) is 6. The normalized spacial score (nSPS) is 10.4. The van der Waals surface area contributed by atoms with Gasteiger partial charge in [-0.3, -0.25) is 14.8 Å². The highest BCUT2D eigenvalue weighted by atomic mass is 16.6. The third-order valence-electron chi connectivity index (χ3n) is 2.26. The van der Waals surface area contributed by atoms with E-state index in [4.69, 9.17) is 5.73 Å². The van der Waals surface area contributed by atoms with Crippen LogP contribution in [0.15, 0.2) is 18.7 Å². The van der Waals surface area contributed by atoms with Crippen molar-refractivity contribution >= 4 is 11.5 Å². The third-order valence-corrected chi connectivity index (χ3v) is 2.26. The Morgan fingerprint density at radius 1 is 1.53 bits per heavy atom. The summed E-state index contributed by atoms with van der Waals surface area (Å²) in [6.45, 7) is 2.59. The van der Waals surface area contributed by atoms with Gasteiger partial charge in [-0.15, -0.1) is 0 Å². The van der Waals surface area contributed by atoms with Gasteiger partial charge in [0.25, 0.3) is 0 Å². The van der Waals surface area contributed by atoms with E-state index in [0.29, 0.717) is 12.1 Å². The van der Waals surface area contributed by atoms with E-state index in [1.54, 1.807) is 10.9 Å². The van der Waals surface area contributed by atoms with Crippen LogP contribution in [0.3, 0.4) is 0 Å². The Hall–Kier alpha value is -2.51. The lowest BCUT2D eigenvalue weighted by Crippen LogP contribution is -2.02. The molecule has 17 heavy (non-hydrogen) atoms. The third kappa shape index (κ3) is 1.92. The van der Waals surface area contributed by atoms with Crippen LogP contribution in [-0.4, -0.2) is 24.7 Å². The van der Waals surface area contributed by atoms with Crippen molar-refractivity contribution in [3.63, 3.8) is 0 Å². The number of rotatable bonds is 3. The number of nitro groups is 1. The molecule has 0 spiro atoms. The largest absolute Gasteiger partial charge is 0.378 e. The number of anilines is 1. The van der Waals surface area contributed by atoms with Crippen molar-refractivity contribution < 1.29 is 4.92 Å². The summed E-state index contributed by atoms with van der Waals surface area (Å²) < 4.78 is 1.65. The molecule has 0 amide bonds. The first-order valence-electron chi connectivity index (χ1n) is 4.91. The van der Waals surface area contributed by atoms with Crippen LogP contribution in [0, 0.1) is 10.1 Å². The van der Waals surface area contributed by atoms with Gasteiger partial charge in [-0.05, 0) is 6.92 Å². The minimum Gasteiger partial charge on any atom is -0.378 e. The number of aryl methyl sites for hydroxylation is 1. The summed E-state index contributed by atoms with van der Waals surface area (Å²) in [5.41, 5.74) is 5.92. The van der Waals surface area contributed by atoms with E-state index < -0.39 is 4.92 Å². The molecule has 88 valence electrons. The molecule has 0 atom stereocenters. The SMILES string of the molecule is CCn1cc(-c2ncnc(N)c2[N+](=O)[O-])cn1. The minimum absolute atomic E-state index is 0.149. The number of aromatic nitrogens is 4. The second-order valence-electron chi connectivity index (χ2n) is 3.30. The maximum absolute atomic E-state index is 10.9. The zero-order chi connectivity index (χ0) is 12.4. The molecular weight excluding hydrogens is 224 g/mol. The quantitative estimate of drug-likeness (QED) is 0.622. The van der Waals surface area contributed by atoms with Crippen LogP contribution in [0.1, 0.15) is 6.92 Å². The van der Waals surface area contributed by atoms with Gasteiger partial charge >= 0.3 is 5.69 Å². The molecule has 0 aliphatic heterocycles. The van der Waals surface area contributed by atoms with E-state index in [1.165, 1.54) is 12.5 Å². The van der Waals surface area contributed by atoms with Crippen molar-refractivity contribution in [2.45, 2.75) is 13.5 Å². The van der Waals surface area contributed by atoms with E-state index in [-0.39, 0.29) is 17.2 Å². The molecule has 2 rings (SSSR count). The molecule has 0 unspecified atom stereocenters. The van der Waals surface area contributed by atoms with Crippen molar-refractivity contribution in [3.8, 4) is 11.3 Å². The van der Waals surface area contributed by atoms with Crippen molar-refractivity contribution in [1.29, 1.82) is 0 Å². The topological polar surface area (TPSA) is 113 Å². The molecule has 2 aromatic rings. The molecule has 8 nitrogen and oxygen atoms in total. The van der Waals surface area contributed by atoms with E-state index in [0.717, 1.165) is 0 Å². The predicted molar refractivity (Wildman–Crippen MR) is 60.0 cm³/mol. The van der Waals surface area contributed by atoms with Crippen LogP contribution >= 0.6 is 0 Å². The molecule has 0 aliphatic rings. The van der Waals surface area contributed by atoms with Gasteiger partial charge in [0.2, 0.25) is 5.82 Å². The molecule has 0 aromatic carbocycles. The van der Waals surface area contributed by atoms with Crippen LogP contribution in [0.5, 0.6) is 0 Å². The summed E-state index contributed by atoms with van der Waals surface area (Å²) in [5, 5.41) is 14.9. The van der Waals surface area contributed by atoms with Crippen molar-refractivity contribution in [3.05, 3.63) is 28.8 Å². The Balaban J connectivity index is 2.58. The minimum atomic E-state index is -0.589. The molecular formula is C9H10N6O2. The summed E-state index contributed by atoms with van der Waals surface area (Å²) in [4.78, 5) is 17.8. The molecule has 0 saturated carbocycles. The van der Waals surface area contributed by atoms with E-state index in [2.05, 4.69) is 15.1 Å². The molecule has 0 fully saturated rings. The number of nitrogens with two attached hydrogens (primary N) is 1. The second kappa shape index (κ2) is 4.16. The second-order valence-corrected chi connectivity index (χ2v) is 3.30. The van der Waals surface area contributed by atoms with Crippen LogP contribution < -0.4 is 5.73 Å². The summed E-state index contributed by atoms with van der Waals surface area (Å²) in [5.74, 6) is -0.149. The van der Waals surface area contributed by atoms with Gasteiger partial charge in [0.15, 0.2) is 5.69 Å². The smallest absolute Gasteiger partial charge is 0.337 e. The van der Waals surface area contributed by atoms with Crippen LogP contribution in [0.2, 0.25) is 0 Å². The van der Waals surface area contributed by atoms with Gasteiger partial charge in [0.1, 0.15) is 6.33 Å². The zero-order valence-corrected chi connectivity index (χ0v) is 9.07. The van der Waals surface area contributed by atoms with Gasteiger partial charge in [0, 0.05) is 18.3 Å². The first-order valence-corrected chi connectivity index (χ1v) is 4.91. The summed E-state index contributed by atoms with van der Waals surface area (Å²) in [6.07, 6.45) is 4.38. The lowest BCUT2D eigenvalue weighted by Gasteiger charge is -2.00. The van der Waals surface area contributed by atoms with Crippen molar-refractivity contribution in [2.75, 3.05) is 5.73 Å². The van der Waals surface area contributed by atoms with Crippen molar-refractivity contribution in [1.82, 2.24) is 19.7 Å². The van der Waals surface area contributed by atoms with E-state index in [9.17, 15) is 10.1 Å². The molecule has 8 heteroatoms. The van der Waals surface area contributed by atoms with Crippen LogP contribution in [0.25, 0.3) is 11.3 Å². The number of nitrogens with zero attached hydrogens (tertiary/aromatic N) is 5. The summed E-state index contributed by atoms with van der Waals surface area (Å²) in [6, 6.07) is 0. The lowest BCUT2D eigenvalue weighted by molar-refractivity contribution is -0.383. The summed E-state index contributed by atoms with van der Waals surface area (Å²) in [7, 11) is 0. The van der Waals surface area contributed by atoms with Gasteiger partial charge in [-0.1, -0.05) is 0 Å². The Kier molecular flexibility index (Phi) is 2.69. The fraction of sp³-hybridized carbons (Fsp3) is 0.222. The first kappa shape index (κ1) is 11.0. The first-order chi connectivity index (χ1) is 8.13. The monoisotopic (exact) mass is 234 g/mol. The maximum Gasteiger partial charge on any atom is 0.337 e. The Morgan fingerprint density at radius 2 is 2.29 bits per heavy atom. The lowest BCUT2D eigenvalue weighted by atomic mass is 10.2. The highest BCUT2D eigenvalue weighted by Crippen LogP contribution is 2.30. The van der Waals surface area contributed by atoms with Gasteiger partial charge in [-0.25, -0.2) is 9.97 Å². The predicted octanol–water partition coefficient (Wildman–Crippen LogP) is 0.850. The Labute approximate surface area is 96.3 Å². The highest BCUT2D eigenvalue weighted by Gasteiger charge is 2.22. The van der Waals surface area contributed by atoms with Gasteiger partial charge in [0.05, 0.1) is 11.1 Å². The molecule has 0 aliphatic carbocycles. The maximum atomic E-state index is 10.9. The fourth-order valence-electron chi connectivity index (χ4n) is 1.44. The molecule has 2 N–H and O–H groups in total. The molecule has 2 heterocycles. The highest BCUT2D eigenvalue weighted by molar-refractivity contribution is 5.74. The Bertz CT molecular complexity index is 564. The van der Waals surface area contributed by atoms with Gasteiger partial charge < -0.3 is 5.73 Å². The standard InChI is InChI=1S/C9H10N6O2/c1-2-14-4-6(3-13-14)7-8(15(16)17)9(10)12-5-11-7/h3-5H,2H2,1H3,(H2,10,11,12). The Morgan fingerprint density at radius 3 is 2.88 bits per heavy atom. The van der Waals surface area contributed by atoms with Crippen molar-refractivity contribution in [2.24, 2.45) is 0 Å². The molecule has 0 saturated heterocycles. The summed E-state index contributed by atoms with van der Waals surface area (Å²) >= 11 is 0. The average molecular weight is 234 g/mol. The van der Waals surface area contributed by atoms with E-state index in [1.807, 2.05) is 6.92 Å². The number of hydrogen-bond donors (Lipinski definition) is 1. The zero-order valence-electron chi connectivity index (χ0n) is 9.07.